The van der Waals surface area contributed by atoms with Gasteiger partial charge in [-0.25, -0.2) is 0 Å². The van der Waals surface area contributed by atoms with Gasteiger partial charge in [-0.05, 0) is 89.3 Å². The van der Waals surface area contributed by atoms with Crippen molar-refractivity contribution in [1.29, 1.82) is 0 Å². The minimum Gasteiger partial charge on any atom is -0.395 e. The fourth-order valence-corrected chi connectivity index (χ4v) is 10.3. The molecule has 186 valence electrons. The molecule has 0 aromatic heterocycles. The normalized spacial score (nSPS) is 56.3. The SMILES string of the molecule is CC1(C)CC(O)C2(CO)C=CC3(C)C(C=CC4C5(C)CCC(O)C(C)(C)C5CCC43C)C2C1. The van der Waals surface area contributed by atoms with Crippen LogP contribution in [-0.2, 0) is 0 Å². The number of hydrogen-bond acceptors (Lipinski definition) is 3. The van der Waals surface area contributed by atoms with Gasteiger partial charge in [-0.1, -0.05) is 72.8 Å². The van der Waals surface area contributed by atoms with Gasteiger partial charge in [0.25, 0.3) is 0 Å². The summed E-state index contributed by atoms with van der Waals surface area (Å²) in [4.78, 5) is 0. The molecule has 0 radical (unpaired) electrons. The molecule has 3 N–H and O–H groups in total. The Balaban J connectivity index is 1.62. The van der Waals surface area contributed by atoms with Gasteiger partial charge in [0.2, 0.25) is 0 Å². The smallest absolute Gasteiger partial charge is 0.0661 e. The Bertz CT molecular complexity index is 872. The molecule has 0 aromatic carbocycles. The molecule has 0 spiro atoms. The zero-order valence-electron chi connectivity index (χ0n) is 22.1. The lowest BCUT2D eigenvalue weighted by atomic mass is 9.34. The quantitative estimate of drug-likeness (QED) is 0.441. The van der Waals surface area contributed by atoms with E-state index in [4.69, 9.17) is 0 Å². The maximum Gasteiger partial charge on any atom is 0.0661 e. The van der Waals surface area contributed by atoms with E-state index in [-0.39, 0.29) is 45.7 Å². The van der Waals surface area contributed by atoms with E-state index in [1.165, 1.54) is 12.8 Å². The summed E-state index contributed by atoms with van der Waals surface area (Å²) in [6, 6.07) is 0. The number of fused-ring (bicyclic) bond motifs is 7. The standard InChI is InChI=1S/C30H48O3/c1-25(2)16-20-19-8-9-22-27(5)12-11-23(32)26(3,4)21(27)10-13-29(22,7)28(19,6)14-15-30(20,18-31)24(33)17-25/h8-9,14-15,19-24,31-33H,10-13,16-18H2,1-7H3. The van der Waals surface area contributed by atoms with Crippen molar-refractivity contribution in [2.75, 3.05) is 6.61 Å². The minimum absolute atomic E-state index is 0.00290. The topological polar surface area (TPSA) is 60.7 Å². The van der Waals surface area contributed by atoms with Gasteiger partial charge in [0.15, 0.2) is 0 Å². The molecule has 10 unspecified atom stereocenters. The molecule has 5 aliphatic carbocycles. The van der Waals surface area contributed by atoms with Crippen molar-refractivity contribution in [3.63, 3.8) is 0 Å². The lowest BCUT2D eigenvalue weighted by molar-refractivity contribution is -0.201. The molecule has 5 rings (SSSR count). The molecule has 0 heterocycles. The summed E-state index contributed by atoms with van der Waals surface area (Å²) in [6.45, 7) is 16.7. The molecule has 3 saturated carbocycles. The van der Waals surface area contributed by atoms with E-state index in [1.807, 2.05) is 0 Å². The Morgan fingerprint density at radius 2 is 1.52 bits per heavy atom. The van der Waals surface area contributed by atoms with Gasteiger partial charge in [-0.3, -0.25) is 0 Å². The van der Waals surface area contributed by atoms with Crippen molar-refractivity contribution in [3.05, 3.63) is 24.3 Å². The Morgan fingerprint density at radius 1 is 0.818 bits per heavy atom. The maximum atomic E-state index is 11.3. The Hall–Kier alpha value is -0.640. The van der Waals surface area contributed by atoms with Crippen LogP contribution in [0.4, 0.5) is 0 Å². The van der Waals surface area contributed by atoms with Crippen LogP contribution in [0.3, 0.4) is 0 Å². The van der Waals surface area contributed by atoms with Crippen LogP contribution in [-0.4, -0.2) is 34.1 Å². The molecule has 10 atom stereocenters. The average molecular weight is 457 g/mol. The largest absolute Gasteiger partial charge is 0.395 e. The van der Waals surface area contributed by atoms with Crippen molar-refractivity contribution in [1.82, 2.24) is 0 Å². The van der Waals surface area contributed by atoms with Crippen molar-refractivity contribution < 1.29 is 15.3 Å². The molecule has 0 bridgehead atoms. The molecular weight excluding hydrogens is 408 g/mol. The van der Waals surface area contributed by atoms with Crippen molar-refractivity contribution in [2.45, 2.75) is 99.2 Å². The number of hydrogen-bond donors (Lipinski definition) is 3. The predicted molar refractivity (Wildman–Crippen MR) is 133 cm³/mol. The highest BCUT2D eigenvalue weighted by Gasteiger charge is 2.68. The fourth-order valence-electron chi connectivity index (χ4n) is 10.3. The summed E-state index contributed by atoms with van der Waals surface area (Å²) in [6.07, 6.45) is 15.1. The highest BCUT2D eigenvalue weighted by molar-refractivity contribution is 5.33. The average Bonchev–Trinajstić information content (AvgIpc) is 2.71. The summed E-state index contributed by atoms with van der Waals surface area (Å²) in [7, 11) is 0. The Labute approximate surface area is 201 Å². The van der Waals surface area contributed by atoms with Crippen LogP contribution in [0.25, 0.3) is 0 Å². The first-order valence-corrected chi connectivity index (χ1v) is 13.5. The van der Waals surface area contributed by atoms with Crippen LogP contribution in [0.2, 0.25) is 0 Å². The van der Waals surface area contributed by atoms with Gasteiger partial charge in [-0.15, -0.1) is 0 Å². The van der Waals surface area contributed by atoms with E-state index in [0.717, 1.165) is 25.7 Å². The van der Waals surface area contributed by atoms with Gasteiger partial charge >= 0.3 is 0 Å². The third kappa shape index (κ3) is 2.85. The number of allylic oxidation sites excluding steroid dienone is 3. The van der Waals surface area contributed by atoms with Gasteiger partial charge in [0.05, 0.1) is 18.8 Å². The van der Waals surface area contributed by atoms with Crippen molar-refractivity contribution in [3.8, 4) is 0 Å². The van der Waals surface area contributed by atoms with E-state index in [1.54, 1.807) is 0 Å². The van der Waals surface area contributed by atoms with E-state index >= 15 is 0 Å². The highest BCUT2D eigenvalue weighted by Crippen LogP contribution is 2.74. The van der Waals surface area contributed by atoms with Crippen LogP contribution >= 0.6 is 0 Å². The molecule has 3 fully saturated rings. The highest BCUT2D eigenvalue weighted by atomic mass is 16.3. The predicted octanol–water partition coefficient (Wildman–Crippen LogP) is 5.74. The lowest BCUT2D eigenvalue weighted by Crippen LogP contribution is -2.66. The second-order valence-corrected chi connectivity index (χ2v) is 14.9. The number of rotatable bonds is 1. The molecule has 0 saturated heterocycles. The van der Waals surface area contributed by atoms with Crippen molar-refractivity contribution >= 4 is 0 Å². The van der Waals surface area contributed by atoms with E-state index in [9.17, 15) is 15.3 Å². The third-order valence-electron chi connectivity index (χ3n) is 12.6. The van der Waals surface area contributed by atoms with Crippen LogP contribution in [0.1, 0.15) is 87.0 Å². The lowest BCUT2D eigenvalue weighted by Gasteiger charge is -2.70. The molecule has 0 aliphatic heterocycles. The summed E-state index contributed by atoms with van der Waals surface area (Å²) in [5.41, 5.74) is -0.187. The first-order chi connectivity index (χ1) is 15.2. The van der Waals surface area contributed by atoms with Gasteiger partial charge < -0.3 is 15.3 Å². The number of aliphatic hydroxyl groups is 3. The first kappa shape index (κ1) is 24.1. The third-order valence-corrected chi connectivity index (χ3v) is 12.6. The Kier molecular flexibility index (Phi) is 5.09. The van der Waals surface area contributed by atoms with Crippen LogP contribution in [0.15, 0.2) is 24.3 Å². The monoisotopic (exact) mass is 456 g/mol. The van der Waals surface area contributed by atoms with Crippen LogP contribution < -0.4 is 0 Å². The first-order valence-electron chi connectivity index (χ1n) is 13.5. The molecule has 3 nitrogen and oxygen atoms in total. The molecule has 0 amide bonds. The Morgan fingerprint density at radius 3 is 2.18 bits per heavy atom. The number of aliphatic hydroxyl groups excluding tert-OH is 3. The fraction of sp³-hybridized carbons (Fsp3) is 0.867. The van der Waals surface area contributed by atoms with E-state index in [2.05, 4.69) is 72.8 Å². The van der Waals surface area contributed by atoms with E-state index in [0.29, 0.717) is 17.8 Å². The van der Waals surface area contributed by atoms with Crippen LogP contribution in [0.5, 0.6) is 0 Å². The zero-order chi connectivity index (χ0) is 24.2. The molecule has 3 heteroatoms. The summed E-state index contributed by atoms with van der Waals surface area (Å²) < 4.78 is 0. The summed E-state index contributed by atoms with van der Waals surface area (Å²) in [5, 5.41) is 32.8. The second-order valence-electron chi connectivity index (χ2n) is 14.9. The van der Waals surface area contributed by atoms with Crippen molar-refractivity contribution in [2.24, 2.45) is 56.2 Å². The van der Waals surface area contributed by atoms with Gasteiger partial charge in [0, 0.05) is 5.41 Å². The van der Waals surface area contributed by atoms with E-state index < -0.39 is 11.5 Å². The molecule has 33 heavy (non-hydrogen) atoms. The minimum atomic E-state index is -0.523. The maximum absolute atomic E-state index is 11.3. The zero-order valence-corrected chi connectivity index (χ0v) is 22.1. The summed E-state index contributed by atoms with van der Waals surface area (Å²) in [5.74, 6) is 1.58. The molecule has 0 aromatic rings. The second kappa shape index (κ2) is 6.98. The van der Waals surface area contributed by atoms with Gasteiger partial charge in [-0.2, -0.15) is 0 Å². The summed E-state index contributed by atoms with van der Waals surface area (Å²) >= 11 is 0. The van der Waals surface area contributed by atoms with Crippen LogP contribution in [0, 0.1) is 56.2 Å². The van der Waals surface area contributed by atoms with Gasteiger partial charge in [0.1, 0.15) is 0 Å². The molecular formula is C30H48O3. The molecule has 5 aliphatic rings.